The number of carbonyl (C=O) groups is 1. The van der Waals surface area contributed by atoms with E-state index in [1.54, 1.807) is 38.1 Å². The highest BCUT2D eigenvalue weighted by Crippen LogP contribution is 2.11. The Morgan fingerprint density at radius 3 is 2.22 bits per heavy atom. The average molecular weight is 269 g/mol. The van der Waals surface area contributed by atoms with Crippen molar-refractivity contribution in [3.05, 3.63) is 35.9 Å². The van der Waals surface area contributed by atoms with Crippen molar-refractivity contribution in [1.82, 2.24) is 5.32 Å². The van der Waals surface area contributed by atoms with Crippen LogP contribution in [0.4, 0.5) is 0 Å². The van der Waals surface area contributed by atoms with Gasteiger partial charge in [-0.05, 0) is 26.3 Å². The molecule has 0 heterocycles. The summed E-state index contributed by atoms with van der Waals surface area (Å²) in [6.45, 7) is 5.03. The van der Waals surface area contributed by atoms with E-state index in [2.05, 4.69) is 5.32 Å². The van der Waals surface area contributed by atoms with Crippen molar-refractivity contribution in [1.29, 1.82) is 0 Å². The molecule has 1 unspecified atom stereocenters. The molecule has 5 heteroatoms. The first-order valence-corrected chi connectivity index (χ1v) is 7.60. The van der Waals surface area contributed by atoms with Crippen LogP contribution in [0.3, 0.4) is 0 Å². The number of sulfone groups is 1. The lowest BCUT2D eigenvalue weighted by molar-refractivity contribution is -0.120. The van der Waals surface area contributed by atoms with Crippen LogP contribution in [0.5, 0.6) is 0 Å². The minimum Gasteiger partial charge on any atom is -0.353 e. The minimum atomic E-state index is -3.47. The van der Waals surface area contributed by atoms with Crippen LogP contribution in [0.15, 0.2) is 30.3 Å². The fraction of sp³-hybridized carbons (Fsp3) is 0.462. The highest BCUT2D eigenvalue weighted by molar-refractivity contribution is 7.92. The highest BCUT2D eigenvalue weighted by Gasteiger charge is 2.28. The number of rotatable bonds is 5. The molecular formula is C13H19NO3S. The molecule has 1 aromatic rings. The second-order valence-corrected chi connectivity index (χ2v) is 6.92. The summed E-state index contributed by atoms with van der Waals surface area (Å²) in [7, 11) is -3.47. The zero-order valence-electron chi connectivity index (χ0n) is 10.9. The molecule has 1 atom stereocenters. The molecule has 100 valence electrons. The van der Waals surface area contributed by atoms with E-state index < -0.39 is 21.0 Å². The van der Waals surface area contributed by atoms with Crippen molar-refractivity contribution in [2.45, 2.75) is 37.8 Å². The molecule has 0 fully saturated rings. The maximum absolute atomic E-state index is 12.1. The molecule has 0 saturated heterocycles. The molecule has 0 bridgehead atoms. The average Bonchev–Trinajstić information content (AvgIpc) is 2.27. The van der Waals surface area contributed by atoms with Crippen LogP contribution in [0.2, 0.25) is 0 Å². The van der Waals surface area contributed by atoms with Crippen molar-refractivity contribution >= 4 is 15.7 Å². The predicted molar refractivity (Wildman–Crippen MR) is 71.8 cm³/mol. The topological polar surface area (TPSA) is 63.2 Å². The quantitative estimate of drug-likeness (QED) is 0.881. The Labute approximate surface area is 108 Å². The van der Waals surface area contributed by atoms with Crippen molar-refractivity contribution < 1.29 is 13.2 Å². The zero-order valence-corrected chi connectivity index (χ0v) is 11.7. The van der Waals surface area contributed by atoms with Gasteiger partial charge in [0, 0.05) is 6.04 Å². The molecule has 0 aliphatic carbocycles. The number of carbonyl (C=O) groups excluding carboxylic acids is 1. The maximum atomic E-state index is 12.1. The third-order valence-electron chi connectivity index (χ3n) is 2.55. The second kappa shape index (κ2) is 6.00. The van der Waals surface area contributed by atoms with Gasteiger partial charge in [0.05, 0.1) is 5.75 Å². The van der Waals surface area contributed by atoms with E-state index in [1.165, 1.54) is 6.92 Å². The van der Waals surface area contributed by atoms with Gasteiger partial charge in [0.15, 0.2) is 9.84 Å². The monoisotopic (exact) mass is 269 g/mol. The molecule has 0 saturated carbocycles. The van der Waals surface area contributed by atoms with Gasteiger partial charge < -0.3 is 5.32 Å². The van der Waals surface area contributed by atoms with Crippen LogP contribution < -0.4 is 5.32 Å². The SMILES string of the molecule is CC(C)NC(=O)C(C)S(=O)(=O)Cc1ccccc1. The summed E-state index contributed by atoms with van der Waals surface area (Å²) >= 11 is 0. The lowest BCUT2D eigenvalue weighted by Crippen LogP contribution is -2.41. The smallest absolute Gasteiger partial charge is 0.238 e. The van der Waals surface area contributed by atoms with Crippen LogP contribution in [-0.4, -0.2) is 25.6 Å². The van der Waals surface area contributed by atoms with Crippen molar-refractivity contribution in [2.75, 3.05) is 0 Å². The molecule has 0 aliphatic rings. The standard InChI is InChI=1S/C13H19NO3S/c1-10(2)14-13(15)11(3)18(16,17)9-12-7-5-4-6-8-12/h4-8,10-11H,9H2,1-3H3,(H,14,15). The molecule has 0 aliphatic heterocycles. The Bertz CT molecular complexity index is 494. The Hall–Kier alpha value is -1.36. The third-order valence-corrected chi connectivity index (χ3v) is 4.58. The molecule has 1 amide bonds. The van der Waals surface area contributed by atoms with Crippen LogP contribution >= 0.6 is 0 Å². The van der Waals surface area contributed by atoms with Gasteiger partial charge in [-0.3, -0.25) is 4.79 Å². The van der Waals surface area contributed by atoms with Gasteiger partial charge in [0.1, 0.15) is 5.25 Å². The van der Waals surface area contributed by atoms with E-state index >= 15 is 0 Å². The van der Waals surface area contributed by atoms with Crippen LogP contribution in [0.25, 0.3) is 0 Å². The number of benzene rings is 1. The summed E-state index contributed by atoms with van der Waals surface area (Å²) in [5.41, 5.74) is 0.696. The van der Waals surface area contributed by atoms with Crippen molar-refractivity contribution in [3.63, 3.8) is 0 Å². The van der Waals surface area contributed by atoms with E-state index in [1.807, 2.05) is 6.07 Å². The number of hydrogen-bond acceptors (Lipinski definition) is 3. The Morgan fingerprint density at radius 2 is 1.72 bits per heavy atom. The van der Waals surface area contributed by atoms with E-state index in [4.69, 9.17) is 0 Å². The van der Waals surface area contributed by atoms with Gasteiger partial charge in [-0.2, -0.15) is 0 Å². The summed E-state index contributed by atoms with van der Waals surface area (Å²) < 4.78 is 24.1. The lowest BCUT2D eigenvalue weighted by Gasteiger charge is -2.15. The highest BCUT2D eigenvalue weighted by atomic mass is 32.2. The summed E-state index contributed by atoms with van der Waals surface area (Å²) in [6, 6.07) is 8.81. The second-order valence-electron chi connectivity index (χ2n) is 4.60. The first-order valence-electron chi connectivity index (χ1n) is 5.89. The summed E-state index contributed by atoms with van der Waals surface area (Å²) in [5, 5.41) is 1.59. The third kappa shape index (κ3) is 4.14. The normalized spacial score (nSPS) is 13.3. The molecule has 0 spiro atoms. The minimum absolute atomic E-state index is 0.0631. The van der Waals surface area contributed by atoms with E-state index in [-0.39, 0.29) is 11.8 Å². The molecule has 1 rings (SSSR count). The zero-order chi connectivity index (χ0) is 13.8. The van der Waals surface area contributed by atoms with Crippen LogP contribution in [0, 0.1) is 0 Å². The van der Waals surface area contributed by atoms with Crippen LogP contribution in [-0.2, 0) is 20.4 Å². The van der Waals surface area contributed by atoms with Crippen LogP contribution in [0.1, 0.15) is 26.3 Å². The number of nitrogens with one attached hydrogen (secondary N) is 1. The first kappa shape index (κ1) is 14.7. The van der Waals surface area contributed by atoms with Gasteiger partial charge in [-0.25, -0.2) is 8.42 Å². The van der Waals surface area contributed by atoms with Gasteiger partial charge in [-0.15, -0.1) is 0 Å². The summed E-state index contributed by atoms with van der Waals surface area (Å²) in [5.74, 6) is -0.554. The molecule has 0 aromatic heterocycles. The summed E-state index contributed by atoms with van der Waals surface area (Å²) in [6.07, 6.45) is 0. The molecular weight excluding hydrogens is 250 g/mol. The molecule has 18 heavy (non-hydrogen) atoms. The number of amides is 1. The first-order chi connectivity index (χ1) is 8.33. The van der Waals surface area contributed by atoms with E-state index in [0.29, 0.717) is 5.56 Å². The van der Waals surface area contributed by atoms with Crippen molar-refractivity contribution in [2.24, 2.45) is 0 Å². The molecule has 4 nitrogen and oxygen atoms in total. The lowest BCUT2D eigenvalue weighted by atomic mass is 10.2. The largest absolute Gasteiger partial charge is 0.353 e. The van der Waals surface area contributed by atoms with Crippen molar-refractivity contribution in [3.8, 4) is 0 Å². The molecule has 1 N–H and O–H groups in total. The number of hydrogen-bond donors (Lipinski definition) is 1. The predicted octanol–water partition coefficient (Wildman–Crippen LogP) is 1.51. The molecule has 1 aromatic carbocycles. The van der Waals surface area contributed by atoms with Gasteiger partial charge in [0.25, 0.3) is 0 Å². The van der Waals surface area contributed by atoms with Gasteiger partial charge in [-0.1, -0.05) is 30.3 Å². The van der Waals surface area contributed by atoms with E-state index in [9.17, 15) is 13.2 Å². The maximum Gasteiger partial charge on any atom is 0.238 e. The Kier molecular flexibility index (Phi) is 4.90. The fourth-order valence-corrected chi connectivity index (χ4v) is 2.80. The van der Waals surface area contributed by atoms with Gasteiger partial charge in [0.2, 0.25) is 5.91 Å². The van der Waals surface area contributed by atoms with Gasteiger partial charge >= 0.3 is 0 Å². The summed E-state index contributed by atoms with van der Waals surface area (Å²) in [4.78, 5) is 11.7. The Balaban J connectivity index is 2.78. The molecule has 0 radical (unpaired) electrons. The van der Waals surface area contributed by atoms with E-state index in [0.717, 1.165) is 0 Å². The Morgan fingerprint density at radius 1 is 1.17 bits per heavy atom. The fourth-order valence-electron chi connectivity index (χ4n) is 1.50.